The third-order valence-corrected chi connectivity index (χ3v) is 6.38. The molecular weight excluding hydrogens is 352 g/mol. The predicted molar refractivity (Wildman–Crippen MR) is 111 cm³/mol. The maximum Gasteiger partial charge on any atom is 0.161 e. The van der Waals surface area contributed by atoms with Gasteiger partial charge in [0.1, 0.15) is 0 Å². The Morgan fingerprint density at radius 2 is 1.86 bits per heavy atom. The second-order valence-electron chi connectivity index (χ2n) is 7.91. The van der Waals surface area contributed by atoms with E-state index in [2.05, 4.69) is 36.1 Å². The van der Waals surface area contributed by atoms with Gasteiger partial charge in [0.15, 0.2) is 11.5 Å². The molecule has 0 saturated carbocycles. The fraction of sp³-hybridized carbons (Fsp3) is 0.478. The lowest BCUT2D eigenvalue weighted by atomic mass is 9.83. The summed E-state index contributed by atoms with van der Waals surface area (Å²) in [6, 6.07) is 12.0. The number of fused-ring (bicyclic) bond motifs is 1. The molecule has 0 spiro atoms. The third kappa shape index (κ3) is 3.45. The first-order chi connectivity index (χ1) is 13.6. The number of rotatable bonds is 4. The van der Waals surface area contributed by atoms with Crippen LogP contribution in [-0.2, 0) is 17.6 Å². The van der Waals surface area contributed by atoms with Crippen molar-refractivity contribution in [2.24, 2.45) is 11.7 Å². The number of anilines is 1. The van der Waals surface area contributed by atoms with Gasteiger partial charge < -0.3 is 25.6 Å². The number of hydrogen-bond acceptors (Lipinski definition) is 5. The van der Waals surface area contributed by atoms with Crippen LogP contribution in [0.2, 0.25) is 0 Å². The summed E-state index contributed by atoms with van der Waals surface area (Å²) in [5.41, 5.74) is 10.4. The van der Waals surface area contributed by atoms with Gasteiger partial charge in [-0.15, -0.1) is 0 Å². The van der Waals surface area contributed by atoms with Crippen LogP contribution in [0.1, 0.15) is 42.6 Å². The quantitative estimate of drug-likeness (QED) is 0.705. The maximum absolute atomic E-state index is 10.4. The monoisotopic (exact) mass is 382 g/mol. The van der Waals surface area contributed by atoms with Crippen molar-refractivity contribution in [2.45, 2.75) is 44.8 Å². The van der Waals surface area contributed by atoms with Crippen molar-refractivity contribution in [3.05, 3.63) is 53.1 Å². The molecule has 0 aliphatic carbocycles. The van der Waals surface area contributed by atoms with E-state index in [0.717, 1.165) is 43.5 Å². The van der Waals surface area contributed by atoms with E-state index >= 15 is 0 Å². The summed E-state index contributed by atoms with van der Waals surface area (Å²) in [7, 11) is 0. The normalized spacial score (nSPS) is 22.9. The SMILES string of the molecule is CCc1ccccc1N1CCC([C@@H]2Cc3c(ccc(O)c3O)[C@H](CN)O2)CC1. The zero-order chi connectivity index (χ0) is 19.7. The summed E-state index contributed by atoms with van der Waals surface area (Å²) in [5, 5.41) is 20.3. The van der Waals surface area contributed by atoms with E-state index < -0.39 is 0 Å². The maximum atomic E-state index is 10.4. The van der Waals surface area contributed by atoms with E-state index in [-0.39, 0.29) is 23.7 Å². The number of nitrogens with zero attached hydrogens (tertiary/aromatic N) is 1. The molecule has 1 fully saturated rings. The molecule has 150 valence electrons. The van der Waals surface area contributed by atoms with Gasteiger partial charge in [-0.1, -0.05) is 31.2 Å². The van der Waals surface area contributed by atoms with E-state index in [1.54, 1.807) is 0 Å². The number of phenols is 2. The number of benzene rings is 2. The molecule has 2 aromatic rings. The highest BCUT2D eigenvalue weighted by Crippen LogP contribution is 2.42. The Hall–Kier alpha value is -2.24. The molecule has 0 radical (unpaired) electrons. The number of para-hydroxylation sites is 1. The lowest BCUT2D eigenvalue weighted by molar-refractivity contribution is -0.0569. The van der Waals surface area contributed by atoms with Crippen molar-refractivity contribution in [3.8, 4) is 11.5 Å². The van der Waals surface area contributed by atoms with Crippen molar-refractivity contribution in [3.63, 3.8) is 0 Å². The van der Waals surface area contributed by atoms with Crippen LogP contribution in [0.25, 0.3) is 0 Å². The molecule has 5 heteroatoms. The van der Waals surface area contributed by atoms with E-state index in [4.69, 9.17) is 10.5 Å². The Bertz CT molecular complexity index is 831. The fourth-order valence-corrected chi connectivity index (χ4v) is 4.78. The van der Waals surface area contributed by atoms with Gasteiger partial charge in [-0.3, -0.25) is 0 Å². The van der Waals surface area contributed by atoms with Crippen LogP contribution < -0.4 is 10.6 Å². The van der Waals surface area contributed by atoms with Gasteiger partial charge in [-0.2, -0.15) is 0 Å². The molecule has 2 aliphatic heterocycles. The molecule has 2 heterocycles. The Labute approximate surface area is 166 Å². The highest BCUT2D eigenvalue weighted by Gasteiger charge is 2.35. The van der Waals surface area contributed by atoms with Crippen molar-refractivity contribution in [1.82, 2.24) is 0 Å². The molecule has 2 atom stereocenters. The average Bonchev–Trinajstić information content (AvgIpc) is 2.75. The van der Waals surface area contributed by atoms with Crippen LogP contribution in [0, 0.1) is 5.92 Å². The van der Waals surface area contributed by atoms with E-state index in [1.165, 1.54) is 17.3 Å². The number of ether oxygens (including phenoxy) is 1. The summed E-state index contributed by atoms with van der Waals surface area (Å²) in [4.78, 5) is 2.48. The molecule has 0 aromatic heterocycles. The number of aromatic hydroxyl groups is 2. The number of phenolic OH excluding ortho intramolecular Hbond substituents is 2. The van der Waals surface area contributed by atoms with Gasteiger partial charge in [0.25, 0.3) is 0 Å². The van der Waals surface area contributed by atoms with Crippen molar-refractivity contribution < 1.29 is 14.9 Å². The molecule has 4 rings (SSSR count). The summed E-state index contributed by atoms with van der Waals surface area (Å²) in [6.07, 6.45) is 3.57. The molecule has 2 aliphatic rings. The van der Waals surface area contributed by atoms with E-state index in [9.17, 15) is 10.2 Å². The van der Waals surface area contributed by atoms with E-state index in [1.807, 2.05) is 6.07 Å². The van der Waals surface area contributed by atoms with Crippen LogP contribution in [-0.4, -0.2) is 36.0 Å². The Balaban J connectivity index is 1.48. The number of piperidine rings is 1. The molecule has 2 aromatic carbocycles. The average molecular weight is 383 g/mol. The zero-order valence-electron chi connectivity index (χ0n) is 16.5. The van der Waals surface area contributed by atoms with E-state index in [0.29, 0.717) is 18.9 Å². The lowest BCUT2D eigenvalue weighted by Crippen LogP contribution is -2.42. The first kappa shape index (κ1) is 19.1. The fourth-order valence-electron chi connectivity index (χ4n) is 4.78. The first-order valence-electron chi connectivity index (χ1n) is 10.3. The van der Waals surface area contributed by atoms with Gasteiger partial charge in [0.2, 0.25) is 0 Å². The van der Waals surface area contributed by atoms with Gasteiger partial charge in [0, 0.05) is 37.3 Å². The third-order valence-electron chi connectivity index (χ3n) is 6.38. The Morgan fingerprint density at radius 1 is 1.11 bits per heavy atom. The predicted octanol–water partition coefficient (Wildman–Crippen LogP) is 3.52. The zero-order valence-corrected chi connectivity index (χ0v) is 16.5. The smallest absolute Gasteiger partial charge is 0.161 e. The van der Waals surface area contributed by atoms with Gasteiger partial charge in [0.05, 0.1) is 12.2 Å². The minimum Gasteiger partial charge on any atom is -0.504 e. The first-order valence-corrected chi connectivity index (χ1v) is 10.3. The summed E-state index contributed by atoms with van der Waals surface area (Å²) in [6.45, 7) is 4.59. The highest BCUT2D eigenvalue weighted by molar-refractivity contribution is 5.54. The van der Waals surface area contributed by atoms with Gasteiger partial charge in [-0.05, 0) is 48.4 Å². The highest BCUT2D eigenvalue weighted by atomic mass is 16.5. The summed E-state index contributed by atoms with van der Waals surface area (Å²) < 4.78 is 6.35. The largest absolute Gasteiger partial charge is 0.504 e. The minimum absolute atomic E-state index is 0.0152. The van der Waals surface area contributed by atoms with Crippen molar-refractivity contribution in [1.29, 1.82) is 0 Å². The van der Waals surface area contributed by atoms with Crippen LogP contribution in [0.4, 0.5) is 5.69 Å². The molecule has 0 amide bonds. The molecule has 1 saturated heterocycles. The summed E-state index contributed by atoms with van der Waals surface area (Å²) >= 11 is 0. The standard InChI is InChI=1S/C23H30N2O3/c1-2-15-5-3-4-6-19(15)25-11-9-16(10-12-25)21-13-18-17(22(14-24)28-21)7-8-20(26)23(18)27/h3-8,16,21-22,26-27H,2,9-14,24H2,1H3/t21-,22-/m0/s1. The van der Waals surface area contributed by atoms with Crippen molar-refractivity contribution >= 4 is 5.69 Å². The molecule has 0 bridgehead atoms. The summed E-state index contributed by atoms with van der Waals surface area (Å²) in [5.74, 6) is 0.341. The minimum atomic E-state index is -0.223. The number of hydrogen-bond donors (Lipinski definition) is 3. The molecule has 0 unspecified atom stereocenters. The van der Waals surface area contributed by atoms with Crippen LogP contribution in [0.15, 0.2) is 36.4 Å². The second-order valence-corrected chi connectivity index (χ2v) is 7.91. The molecule has 4 N–H and O–H groups in total. The second kappa shape index (κ2) is 8.02. The van der Waals surface area contributed by atoms with Gasteiger partial charge >= 0.3 is 0 Å². The Morgan fingerprint density at radius 3 is 2.57 bits per heavy atom. The van der Waals surface area contributed by atoms with Crippen LogP contribution in [0.5, 0.6) is 11.5 Å². The molecule has 5 nitrogen and oxygen atoms in total. The van der Waals surface area contributed by atoms with Gasteiger partial charge in [-0.25, -0.2) is 0 Å². The van der Waals surface area contributed by atoms with Crippen LogP contribution >= 0.6 is 0 Å². The number of aryl methyl sites for hydroxylation is 1. The lowest BCUT2D eigenvalue weighted by Gasteiger charge is -2.41. The topological polar surface area (TPSA) is 79.0 Å². The molecular formula is C23H30N2O3. The number of nitrogens with two attached hydrogens (primary N) is 1. The van der Waals surface area contributed by atoms with Crippen LogP contribution in [0.3, 0.4) is 0 Å². The molecule has 28 heavy (non-hydrogen) atoms. The Kier molecular flexibility index (Phi) is 5.47. The van der Waals surface area contributed by atoms with Crippen molar-refractivity contribution in [2.75, 3.05) is 24.5 Å².